The minimum absolute atomic E-state index is 0.200. The van der Waals surface area contributed by atoms with Gasteiger partial charge >= 0.3 is 0 Å². The molecule has 2 aliphatic rings. The van der Waals surface area contributed by atoms with E-state index in [1.807, 2.05) is 6.33 Å². The van der Waals surface area contributed by atoms with Crippen molar-refractivity contribution in [2.75, 3.05) is 0 Å². The predicted molar refractivity (Wildman–Crippen MR) is 85.3 cm³/mol. The summed E-state index contributed by atoms with van der Waals surface area (Å²) in [5.74, 6) is 0.706. The van der Waals surface area contributed by atoms with E-state index in [0.717, 1.165) is 32.1 Å². The van der Waals surface area contributed by atoms with Gasteiger partial charge in [-0.25, -0.2) is 4.98 Å². The maximum atomic E-state index is 10.5. The highest BCUT2D eigenvalue weighted by atomic mass is 16.3. The van der Waals surface area contributed by atoms with Gasteiger partial charge in [0.1, 0.15) is 0 Å². The van der Waals surface area contributed by atoms with Crippen LogP contribution in [0.2, 0.25) is 0 Å². The topological polar surface area (TPSA) is 38.0 Å². The summed E-state index contributed by atoms with van der Waals surface area (Å²) in [6.45, 7) is 7.06. The molecule has 2 aliphatic carbocycles. The average Bonchev–Trinajstić information content (AvgIpc) is 2.91. The summed E-state index contributed by atoms with van der Waals surface area (Å²) in [6.07, 6.45) is 11.0. The van der Waals surface area contributed by atoms with Crippen LogP contribution in [0.1, 0.15) is 76.7 Å². The van der Waals surface area contributed by atoms with Crippen molar-refractivity contribution in [2.45, 2.75) is 84.3 Å². The molecule has 0 aromatic carbocycles. The highest BCUT2D eigenvalue weighted by Crippen LogP contribution is 2.44. The van der Waals surface area contributed by atoms with Gasteiger partial charge in [-0.15, -0.1) is 0 Å². The Morgan fingerprint density at radius 2 is 2.05 bits per heavy atom. The molecule has 21 heavy (non-hydrogen) atoms. The Kier molecular flexibility index (Phi) is 4.13. The van der Waals surface area contributed by atoms with Gasteiger partial charge in [-0.05, 0) is 56.3 Å². The number of rotatable bonds is 3. The predicted octanol–water partition coefficient (Wildman–Crippen LogP) is 3.90. The van der Waals surface area contributed by atoms with Crippen molar-refractivity contribution in [1.82, 2.24) is 9.55 Å². The summed E-state index contributed by atoms with van der Waals surface area (Å²) >= 11 is 0. The molecule has 0 saturated heterocycles. The Bertz CT molecular complexity index is 491. The molecule has 1 heterocycles. The number of aliphatic hydroxyl groups is 1. The second-order valence-corrected chi connectivity index (χ2v) is 7.74. The second kappa shape index (κ2) is 5.75. The van der Waals surface area contributed by atoms with E-state index in [9.17, 15) is 5.11 Å². The molecular formula is C18H30N2O. The van der Waals surface area contributed by atoms with Crippen molar-refractivity contribution in [3.8, 4) is 0 Å². The maximum absolute atomic E-state index is 10.5. The molecule has 0 spiro atoms. The molecule has 1 aromatic heterocycles. The van der Waals surface area contributed by atoms with E-state index in [0.29, 0.717) is 11.3 Å². The van der Waals surface area contributed by atoms with Crippen molar-refractivity contribution in [3.63, 3.8) is 0 Å². The van der Waals surface area contributed by atoms with Gasteiger partial charge in [0.2, 0.25) is 0 Å². The fourth-order valence-electron chi connectivity index (χ4n) is 4.21. The fraction of sp³-hybridized carbons (Fsp3) is 0.833. The van der Waals surface area contributed by atoms with Crippen LogP contribution in [0.3, 0.4) is 0 Å². The van der Waals surface area contributed by atoms with Gasteiger partial charge in [0.15, 0.2) is 0 Å². The van der Waals surface area contributed by atoms with Crippen LogP contribution in [0.5, 0.6) is 0 Å². The molecule has 1 aromatic rings. The molecule has 0 aliphatic heterocycles. The second-order valence-electron chi connectivity index (χ2n) is 7.74. The van der Waals surface area contributed by atoms with Crippen LogP contribution >= 0.6 is 0 Å². The lowest BCUT2D eigenvalue weighted by molar-refractivity contribution is 0.0182. The molecule has 3 nitrogen and oxygen atoms in total. The van der Waals surface area contributed by atoms with Crippen LogP contribution in [0.15, 0.2) is 6.33 Å². The van der Waals surface area contributed by atoms with Crippen LogP contribution in [-0.2, 0) is 12.8 Å². The zero-order valence-corrected chi connectivity index (χ0v) is 13.8. The molecule has 0 radical (unpaired) electrons. The Balaban J connectivity index is 1.84. The van der Waals surface area contributed by atoms with Gasteiger partial charge in [0.25, 0.3) is 0 Å². The number of imidazole rings is 1. The molecule has 0 bridgehead atoms. The number of nitrogens with zero attached hydrogens (tertiary/aromatic N) is 2. The van der Waals surface area contributed by atoms with Gasteiger partial charge < -0.3 is 9.67 Å². The molecule has 3 rings (SSSR count). The van der Waals surface area contributed by atoms with E-state index in [1.165, 1.54) is 30.7 Å². The van der Waals surface area contributed by atoms with Crippen LogP contribution in [0, 0.1) is 11.3 Å². The number of aliphatic hydroxyl groups excluding tert-OH is 1. The molecule has 118 valence electrons. The molecule has 1 N–H and O–H groups in total. The Morgan fingerprint density at radius 3 is 2.81 bits per heavy atom. The first-order valence-corrected chi connectivity index (χ1v) is 8.75. The molecule has 3 atom stereocenters. The van der Waals surface area contributed by atoms with Gasteiger partial charge in [-0.3, -0.25) is 0 Å². The molecule has 3 unspecified atom stereocenters. The van der Waals surface area contributed by atoms with Crippen LogP contribution in [0.25, 0.3) is 0 Å². The van der Waals surface area contributed by atoms with Gasteiger partial charge in [0, 0.05) is 5.69 Å². The Labute approximate surface area is 128 Å². The van der Waals surface area contributed by atoms with E-state index in [2.05, 4.69) is 30.3 Å². The monoisotopic (exact) mass is 290 g/mol. The maximum Gasteiger partial charge on any atom is 0.0955 e. The summed E-state index contributed by atoms with van der Waals surface area (Å²) in [7, 11) is 0. The third-order valence-corrected chi connectivity index (χ3v) is 6.21. The zero-order valence-electron chi connectivity index (χ0n) is 13.8. The molecule has 1 fully saturated rings. The lowest BCUT2D eigenvalue weighted by Gasteiger charge is -2.42. The first-order valence-electron chi connectivity index (χ1n) is 8.75. The highest BCUT2D eigenvalue weighted by molar-refractivity contribution is 5.18. The summed E-state index contributed by atoms with van der Waals surface area (Å²) in [5, 5.41) is 10.5. The quantitative estimate of drug-likeness (QED) is 0.917. The van der Waals surface area contributed by atoms with E-state index >= 15 is 0 Å². The lowest BCUT2D eigenvalue weighted by atomic mass is 9.68. The minimum Gasteiger partial charge on any atom is -0.391 e. The first kappa shape index (κ1) is 15.1. The van der Waals surface area contributed by atoms with E-state index in [-0.39, 0.29) is 12.1 Å². The summed E-state index contributed by atoms with van der Waals surface area (Å²) in [4.78, 5) is 4.63. The number of hydrogen-bond donors (Lipinski definition) is 1. The molecule has 0 amide bonds. The summed E-state index contributed by atoms with van der Waals surface area (Å²) in [5.41, 5.74) is 3.06. The number of aryl methyl sites for hydroxylation is 1. The molecule has 1 saturated carbocycles. The van der Waals surface area contributed by atoms with Crippen LogP contribution in [-0.4, -0.2) is 20.8 Å². The van der Waals surface area contributed by atoms with Crippen molar-refractivity contribution in [2.24, 2.45) is 11.3 Å². The van der Waals surface area contributed by atoms with Crippen molar-refractivity contribution < 1.29 is 5.11 Å². The van der Waals surface area contributed by atoms with Crippen LogP contribution < -0.4 is 0 Å². The summed E-state index contributed by atoms with van der Waals surface area (Å²) < 4.78 is 2.33. The lowest BCUT2D eigenvalue weighted by Crippen LogP contribution is -2.37. The van der Waals surface area contributed by atoms with Crippen molar-refractivity contribution in [1.29, 1.82) is 0 Å². The first-order chi connectivity index (χ1) is 10.0. The van der Waals surface area contributed by atoms with Crippen molar-refractivity contribution in [3.05, 3.63) is 17.7 Å². The highest BCUT2D eigenvalue weighted by Gasteiger charge is 2.38. The van der Waals surface area contributed by atoms with E-state index in [4.69, 9.17) is 0 Å². The summed E-state index contributed by atoms with van der Waals surface area (Å²) in [6, 6.07) is 0.240. The zero-order chi connectivity index (χ0) is 15.0. The van der Waals surface area contributed by atoms with Gasteiger partial charge in [-0.1, -0.05) is 27.2 Å². The normalized spacial score (nSPS) is 30.2. The molecule has 3 heteroatoms. The van der Waals surface area contributed by atoms with Gasteiger partial charge in [-0.2, -0.15) is 0 Å². The number of aromatic nitrogens is 2. The van der Waals surface area contributed by atoms with Gasteiger partial charge in [0.05, 0.1) is 24.2 Å². The third-order valence-electron chi connectivity index (χ3n) is 6.21. The fourth-order valence-corrected chi connectivity index (χ4v) is 4.21. The van der Waals surface area contributed by atoms with E-state index in [1.54, 1.807) is 0 Å². The van der Waals surface area contributed by atoms with Crippen LogP contribution in [0.4, 0.5) is 0 Å². The SMILES string of the molecule is CCC(C)(C)C1CCC(O)C(n2cnc3c2CCCC3)C1. The Hall–Kier alpha value is -0.830. The third kappa shape index (κ3) is 2.77. The minimum atomic E-state index is -0.200. The smallest absolute Gasteiger partial charge is 0.0955 e. The van der Waals surface area contributed by atoms with E-state index < -0.39 is 0 Å². The Morgan fingerprint density at radius 1 is 1.29 bits per heavy atom. The average molecular weight is 290 g/mol. The largest absolute Gasteiger partial charge is 0.391 e. The number of fused-ring (bicyclic) bond motifs is 1. The van der Waals surface area contributed by atoms with Crippen molar-refractivity contribution >= 4 is 0 Å². The number of hydrogen-bond acceptors (Lipinski definition) is 2. The molecular weight excluding hydrogens is 260 g/mol. The standard InChI is InChI=1S/C18H30N2O/c1-4-18(2,3)13-9-10-17(21)16(11-13)20-12-19-14-7-5-6-8-15(14)20/h12-13,16-17,21H,4-11H2,1-3H3.